The fraction of sp³-hybridized carbons (Fsp3) is 0.444. The van der Waals surface area contributed by atoms with Crippen LogP contribution in [0.5, 0.6) is 0 Å². The quantitative estimate of drug-likeness (QED) is 0.376. The van der Waals surface area contributed by atoms with Crippen LogP contribution in [-0.2, 0) is 0 Å². The number of amides is 3. The SMILES string of the molecule is Cc1cc(C)c(NC(=O)c2ccc3nc(NC(=O)NC[C@@H]4CCCC(C)(C)C4)sc3c2)c(C)c1. The zero-order valence-corrected chi connectivity index (χ0v) is 21.5. The van der Waals surface area contributed by atoms with Gasteiger partial charge in [0.1, 0.15) is 0 Å². The molecule has 0 spiro atoms. The third-order valence-corrected chi connectivity index (χ3v) is 7.58. The average molecular weight is 479 g/mol. The number of urea groups is 1. The Hall–Kier alpha value is -2.93. The number of aryl methyl sites for hydroxylation is 3. The first-order valence-electron chi connectivity index (χ1n) is 11.9. The molecule has 34 heavy (non-hydrogen) atoms. The lowest BCUT2D eigenvalue weighted by molar-refractivity contribution is 0.102. The third-order valence-electron chi connectivity index (χ3n) is 6.65. The number of aromatic nitrogens is 1. The van der Waals surface area contributed by atoms with Gasteiger partial charge in [0.2, 0.25) is 0 Å². The average Bonchev–Trinajstić information content (AvgIpc) is 3.15. The highest BCUT2D eigenvalue weighted by atomic mass is 32.1. The van der Waals surface area contributed by atoms with E-state index in [-0.39, 0.29) is 11.9 Å². The maximum Gasteiger partial charge on any atom is 0.321 e. The molecule has 1 aliphatic carbocycles. The first kappa shape index (κ1) is 24.2. The molecule has 1 fully saturated rings. The van der Waals surface area contributed by atoms with E-state index >= 15 is 0 Å². The van der Waals surface area contributed by atoms with E-state index in [1.165, 1.54) is 29.7 Å². The van der Waals surface area contributed by atoms with Crippen LogP contribution in [0.25, 0.3) is 10.2 Å². The fourth-order valence-corrected chi connectivity index (χ4v) is 5.99. The Morgan fingerprint density at radius 1 is 1.09 bits per heavy atom. The molecule has 0 radical (unpaired) electrons. The van der Waals surface area contributed by atoms with Crippen molar-refractivity contribution >= 4 is 44.3 Å². The minimum absolute atomic E-state index is 0.159. The van der Waals surface area contributed by atoms with Gasteiger partial charge in [0.25, 0.3) is 5.91 Å². The lowest BCUT2D eigenvalue weighted by Gasteiger charge is -2.35. The third kappa shape index (κ3) is 5.76. The predicted octanol–water partition coefficient (Wildman–Crippen LogP) is 6.81. The number of carbonyl (C=O) groups is 2. The minimum atomic E-state index is -0.231. The van der Waals surface area contributed by atoms with Gasteiger partial charge in [-0.05, 0) is 80.7 Å². The maximum absolute atomic E-state index is 12.9. The Bertz CT molecular complexity index is 1210. The van der Waals surface area contributed by atoms with E-state index in [1.807, 2.05) is 32.9 Å². The van der Waals surface area contributed by atoms with Crippen LogP contribution in [0.4, 0.5) is 15.6 Å². The molecule has 2 aromatic carbocycles. The lowest BCUT2D eigenvalue weighted by Crippen LogP contribution is -2.36. The second-order valence-corrected chi connectivity index (χ2v) is 11.4. The van der Waals surface area contributed by atoms with Crippen molar-refractivity contribution in [3.63, 3.8) is 0 Å². The Balaban J connectivity index is 1.39. The van der Waals surface area contributed by atoms with E-state index in [0.717, 1.165) is 39.9 Å². The van der Waals surface area contributed by atoms with Gasteiger partial charge in [-0.25, -0.2) is 9.78 Å². The van der Waals surface area contributed by atoms with Crippen LogP contribution in [0, 0.1) is 32.1 Å². The maximum atomic E-state index is 12.9. The smallest absolute Gasteiger partial charge is 0.321 e. The molecule has 3 N–H and O–H groups in total. The number of hydrogen-bond acceptors (Lipinski definition) is 4. The molecule has 0 bridgehead atoms. The first-order chi connectivity index (χ1) is 16.1. The Morgan fingerprint density at radius 2 is 1.82 bits per heavy atom. The van der Waals surface area contributed by atoms with Gasteiger partial charge in [-0.3, -0.25) is 10.1 Å². The molecule has 1 atom stereocenters. The molecule has 3 amide bonds. The molecule has 1 saturated carbocycles. The van der Waals surface area contributed by atoms with Crippen LogP contribution >= 0.6 is 11.3 Å². The van der Waals surface area contributed by atoms with E-state index in [4.69, 9.17) is 0 Å². The Morgan fingerprint density at radius 3 is 2.53 bits per heavy atom. The van der Waals surface area contributed by atoms with Crippen LogP contribution in [0.15, 0.2) is 30.3 Å². The van der Waals surface area contributed by atoms with Gasteiger partial charge in [0.05, 0.1) is 10.2 Å². The predicted molar refractivity (Wildman–Crippen MR) is 141 cm³/mol. The van der Waals surface area contributed by atoms with E-state index in [2.05, 4.69) is 46.9 Å². The molecular formula is C27H34N4O2S. The zero-order chi connectivity index (χ0) is 24.5. The number of thiazole rings is 1. The number of nitrogens with zero attached hydrogens (tertiary/aromatic N) is 1. The van der Waals surface area contributed by atoms with Crippen molar-refractivity contribution in [1.29, 1.82) is 0 Å². The second kappa shape index (κ2) is 9.74. The molecule has 180 valence electrons. The van der Waals surface area contributed by atoms with Gasteiger partial charge in [-0.15, -0.1) is 0 Å². The van der Waals surface area contributed by atoms with Crippen LogP contribution in [0.2, 0.25) is 0 Å². The summed E-state index contributed by atoms with van der Waals surface area (Å²) in [4.78, 5) is 29.9. The number of rotatable bonds is 5. The molecule has 1 aromatic heterocycles. The monoisotopic (exact) mass is 478 g/mol. The van der Waals surface area contributed by atoms with Crippen LogP contribution in [0.3, 0.4) is 0 Å². The second-order valence-electron chi connectivity index (χ2n) is 10.4. The number of fused-ring (bicyclic) bond motifs is 1. The zero-order valence-electron chi connectivity index (χ0n) is 20.7. The summed E-state index contributed by atoms with van der Waals surface area (Å²) in [5.74, 6) is 0.361. The molecule has 7 heteroatoms. The van der Waals surface area contributed by atoms with Crippen molar-refractivity contribution in [2.45, 2.75) is 60.3 Å². The molecule has 4 rings (SSSR count). The highest BCUT2D eigenvalue weighted by molar-refractivity contribution is 7.22. The van der Waals surface area contributed by atoms with Gasteiger partial charge in [-0.2, -0.15) is 0 Å². The number of carbonyl (C=O) groups excluding carboxylic acids is 2. The van der Waals surface area contributed by atoms with E-state index < -0.39 is 0 Å². The van der Waals surface area contributed by atoms with Crippen molar-refractivity contribution in [3.05, 3.63) is 52.6 Å². The first-order valence-corrected chi connectivity index (χ1v) is 12.8. The van der Waals surface area contributed by atoms with E-state index in [1.54, 1.807) is 6.07 Å². The van der Waals surface area contributed by atoms with Crippen molar-refractivity contribution < 1.29 is 9.59 Å². The highest BCUT2D eigenvalue weighted by Crippen LogP contribution is 2.38. The molecule has 3 aromatic rings. The summed E-state index contributed by atoms with van der Waals surface area (Å²) in [6.45, 7) is 11.3. The summed E-state index contributed by atoms with van der Waals surface area (Å²) in [7, 11) is 0. The molecular weight excluding hydrogens is 444 g/mol. The van der Waals surface area contributed by atoms with Crippen molar-refractivity contribution in [1.82, 2.24) is 10.3 Å². The van der Waals surface area contributed by atoms with E-state index in [0.29, 0.717) is 28.6 Å². The Kier molecular flexibility index (Phi) is 6.94. The minimum Gasteiger partial charge on any atom is -0.338 e. The summed E-state index contributed by atoms with van der Waals surface area (Å²) >= 11 is 1.37. The van der Waals surface area contributed by atoms with Gasteiger partial charge in [0, 0.05) is 17.8 Å². The number of anilines is 2. The number of benzene rings is 2. The molecule has 0 aliphatic heterocycles. The van der Waals surface area contributed by atoms with Crippen LogP contribution in [0.1, 0.15) is 66.6 Å². The largest absolute Gasteiger partial charge is 0.338 e. The number of nitrogens with one attached hydrogen (secondary N) is 3. The molecule has 0 saturated heterocycles. The van der Waals surface area contributed by atoms with Gasteiger partial charge in [0.15, 0.2) is 5.13 Å². The summed E-state index contributed by atoms with van der Waals surface area (Å²) in [5.41, 5.74) is 5.78. The van der Waals surface area contributed by atoms with Crippen molar-refractivity contribution in [2.24, 2.45) is 11.3 Å². The highest BCUT2D eigenvalue weighted by Gasteiger charge is 2.28. The van der Waals surface area contributed by atoms with Gasteiger partial charge < -0.3 is 10.6 Å². The van der Waals surface area contributed by atoms with Gasteiger partial charge in [-0.1, -0.05) is 49.3 Å². The summed E-state index contributed by atoms with van der Waals surface area (Å²) in [5, 5.41) is 9.44. The standard InChI is InChI=1S/C27H34N4O2S/c1-16-11-17(2)23(18(3)12-16)30-24(32)20-8-9-21-22(13-20)34-26(29-21)31-25(33)28-15-19-7-6-10-27(4,5)14-19/h8-9,11-13,19H,6-7,10,14-15H2,1-5H3,(H,30,32)(H2,28,29,31,33)/t19-/m1/s1. The normalized spacial score (nSPS) is 17.4. The summed E-state index contributed by atoms with van der Waals surface area (Å²) < 4.78 is 0.856. The molecule has 6 nitrogen and oxygen atoms in total. The lowest BCUT2D eigenvalue weighted by atomic mass is 9.72. The van der Waals surface area contributed by atoms with Crippen molar-refractivity contribution in [2.75, 3.05) is 17.2 Å². The number of hydrogen-bond donors (Lipinski definition) is 3. The Labute approximate surface area is 205 Å². The van der Waals surface area contributed by atoms with Gasteiger partial charge >= 0.3 is 6.03 Å². The summed E-state index contributed by atoms with van der Waals surface area (Å²) in [6.07, 6.45) is 4.78. The molecule has 1 heterocycles. The topological polar surface area (TPSA) is 83.1 Å². The van der Waals surface area contributed by atoms with Crippen molar-refractivity contribution in [3.8, 4) is 0 Å². The molecule has 0 unspecified atom stereocenters. The van der Waals surface area contributed by atoms with Crippen LogP contribution < -0.4 is 16.0 Å². The molecule has 1 aliphatic rings. The summed E-state index contributed by atoms with van der Waals surface area (Å²) in [6, 6.07) is 9.31. The fourth-order valence-electron chi connectivity index (χ4n) is 5.09. The van der Waals surface area contributed by atoms with E-state index in [9.17, 15) is 9.59 Å². The van der Waals surface area contributed by atoms with Crippen LogP contribution in [-0.4, -0.2) is 23.5 Å².